The highest BCUT2D eigenvalue weighted by Crippen LogP contribution is 2.38. The van der Waals surface area contributed by atoms with Gasteiger partial charge in [-0.15, -0.1) is 0 Å². The third-order valence-electron chi connectivity index (χ3n) is 4.14. The van der Waals surface area contributed by atoms with Crippen LogP contribution in [0, 0.1) is 5.41 Å². The SMILES string of the molecule is COc1ccc(NC(=O)C2(CN)CCCC2)c(C(=O)O)c1. The third-order valence-corrected chi connectivity index (χ3v) is 4.14. The van der Waals surface area contributed by atoms with Crippen LogP contribution in [0.15, 0.2) is 18.2 Å². The van der Waals surface area contributed by atoms with Crippen molar-refractivity contribution < 1.29 is 19.4 Å². The van der Waals surface area contributed by atoms with E-state index in [-0.39, 0.29) is 23.7 Å². The molecule has 0 atom stereocenters. The molecule has 21 heavy (non-hydrogen) atoms. The van der Waals surface area contributed by atoms with E-state index < -0.39 is 11.4 Å². The number of carboxylic acids is 1. The first-order valence-electron chi connectivity index (χ1n) is 6.95. The van der Waals surface area contributed by atoms with Gasteiger partial charge in [-0.25, -0.2) is 4.79 Å². The Balaban J connectivity index is 2.26. The number of nitrogens with one attached hydrogen (secondary N) is 1. The molecule has 1 aromatic rings. The minimum atomic E-state index is -1.11. The minimum absolute atomic E-state index is 0.00729. The molecular formula is C15H20N2O4. The second-order valence-corrected chi connectivity index (χ2v) is 5.36. The fourth-order valence-electron chi connectivity index (χ4n) is 2.77. The predicted octanol–water partition coefficient (Wildman–Crippen LogP) is 1.85. The number of carboxylic acid groups (broad SMARTS) is 1. The summed E-state index contributed by atoms with van der Waals surface area (Å²) in [5.74, 6) is -0.882. The number of rotatable bonds is 5. The molecule has 1 aliphatic rings. The first-order valence-corrected chi connectivity index (χ1v) is 6.95. The van der Waals surface area contributed by atoms with Crippen LogP contribution in [0.1, 0.15) is 36.0 Å². The molecule has 0 saturated heterocycles. The maximum atomic E-state index is 12.5. The summed E-state index contributed by atoms with van der Waals surface area (Å²) in [6.45, 7) is 0.275. The number of benzene rings is 1. The molecule has 114 valence electrons. The number of hydrogen-bond acceptors (Lipinski definition) is 4. The maximum Gasteiger partial charge on any atom is 0.337 e. The van der Waals surface area contributed by atoms with Crippen LogP contribution in [-0.4, -0.2) is 30.6 Å². The van der Waals surface area contributed by atoms with Crippen molar-refractivity contribution in [2.75, 3.05) is 19.0 Å². The molecular weight excluding hydrogens is 272 g/mol. The Morgan fingerprint density at radius 1 is 1.38 bits per heavy atom. The molecule has 1 saturated carbocycles. The van der Waals surface area contributed by atoms with E-state index >= 15 is 0 Å². The average Bonchev–Trinajstić information content (AvgIpc) is 2.97. The normalized spacial score (nSPS) is 16.5. The van der Waals surface area contributed by atoms with Crippen molar-refractivity contribution in [3.8, 4) is 5.75 Å². The zero-order valence-corrected chi connectivity index (χ0v) is 12.0. The van der Waals surface area contributed by atoms with Crippen LogP contribution < -0.4 is 15.8 Å². The van der Waals surface area contributed by atoms with E-state index in [1.165, 1.54) is 13.2 Å². The van der Waals surface area contributed by atoms with Crippen LogP contribution in [0.2, 0.25) is 0 Å². The Kier molecular flexibility index (Phi) is 4.47. The van der Waals surface area contributed by atoms with Crippen LogP contribution >= 0.6 is 0 Å². The van der Waals surface area contributed by atoms with E-state index in [2.05, 4.69) is 5.32 Å². The standard InChI is InChI=1S/C15H20N2O4/c1-21-10-4-5-12(11(8-10)13(18)19)17-14(20)15(9-16)6-2-3-7-15/h4-5,8H,2-3,6-7,9,16H2,1H3,(H,17,20)(H,18,19). The molecule has 0 radical (unpaired) electrons. The molecule has 1 fully saturated rings. The lowest BCUT2D eigenvalue weighted by molar-refractivity contribution is -0.124. The molecule has 6 nitrogen and oxygen atoms in total. The van der Waals surface area contributed by atoms with Gasteiger partial charge in [0.05, 0.1) is 23.8 Å². The first kappa shape index (κ1) is 15.3. The van der Waals surface area contributed by atoms with Crippen molar-refractivity contribution in [1.29, 1.82) is 0 Å². The van der Waals surface area contributed by atoms with Gasteiger partial charge in [-0.2, -0.15) is 0 Å². The molecule has 0 bridgehead atoms. The molecule has 0 aliphatic heterocycles. The van der Waals surface area contributed by atoms with E-state index in [4.69, 9.17) is 10.5 Å². The number of carbonyl (C=O) groups excluding carboxylic acids is 1. The number of amides is 1. The quantitative estimate of drug-likeness (QED) is 0.768. The van der Waals surface area contributed by atoms with Crippen LogP contribution in [0.4, 0.5) is 5.69 Å². The van der Waals surface area contributed by atoms with Gasteiger partial charge in [0, 0.05) is 6.54 Å². The summed E-state index contributed by atoms with van der Waals surface area (Å²) in [7, 11) is 1.46. The van der Waals surface area contributed by atoms with Gasteiger partial charge >= 0.3 is 5.97 Å². The van der Waals surface area contributed by atoms with E-state index in [1.54, 1.807) is 12.1 Å². The summed E-state index contributed by atoms with van der Waals surface area (Å²) in [5, 5.41) is 12.0. The summed E-state index contributed by atoms with van der Waals surface area (Å²) in [5.41, 5.74) is 5.47. The lowest BCUT2D eigenvalue weighted by Gasteiger charge is -2.26. The van der Waals surface area contributed by atoms with Crippen molar-refractivity contribution >= 4 is 17.6 Å². The number of aromatic carboxylic acids is 1. The molecule has 0 unspecified atom stereocenters. The highest BCUT2D eigenvalue weighted by molar-refractivity contribution is 6.02. The van der Waals surface area contributed by atoms with Crippen LogP contribution in [-0.2, 0) is 4.79 Å². The Morgan fingerprint density at radius 3 is 2.57 bits per heavy atom. The van der Waals surface area contributed by atoms with Gasteiger partial charge in [-0.05, 0) is 31.0 Å². The van der Waals surface area contributed by atoms with Gasteiger partial charge in [0.1, 0.15) is 5.75 Å². The van der Waals surface area contributed by atoms with E-state index in [9.17, 15) is 14.7 Å². The molecule has 0 aromatic heterocycles. The van der Waals surface area contributed by atoms with Gasteiger partial charge in [0.15, 0.2) is 0 Å². The van der Waals surface area contributed by atoms with Crippen molar-refractivity contribution in [3.05, 3.63) is 23.8 Å². The number of methoxy groups -OCH3 is 1. The molecule has 2 rings (SSSR count). The second-order valence-electron chi connectivity index (χ2n) is 5.36. The van der Waals surface area contributed by atoms with Crippen LogP contribution in [0.25, 0.3) is 0 Å². The molecule has 1 aliphatic carbocycles. The van der Waals surface area contributed by atoms with Crippen molar-refractivity contribution in [2.45, 2.75) is 25.7 Å². The van der Waals surface area contributed by atoms with E-state index in [0.29, 0.717) is 5.75 Å². The smallest absolute Gasteiger partial charge is 0.337 e. The average molecular weight is 292 g/mol. The molecule has 1 aromatic carbocycles. The Morgan fingerprint density at radius 2 is 2.05 bits per heavy atom. The maximum absolute atomic E-state index is 12.5. The van der Waals surface area contributed by atoms with E-state index in [0.717, 1.165) is 25.7 Å². The number of nitrogens with two attached hydrogens (primary N) is 1. The lowest BCUT2D eigenvalue weighted by atomic mass is 9.85. The van der Waals surface area contributed by atoms with Crippen LogP contribution in [0.5, 0.6) is 5.75 Å². The summed E-state index contributed by atoms with van der Waals surface area (Å²) < 4.78 is 5.01. The molecule has 4 N–H and O–H groups in total. The Labute approximate surface area is 123 Å². The fraction of sp³-hybridized carbons (Fsp3) is 0.467. The second kappa shape index (κ2) is 6.13. The minimum Gasteiger partial charge on any atom is -0.497 e. The lowest BCUT2D eigenvalue weighted by Crippen LogP contribution is -2.40. The zero-order chi connectivity index (χ0) is 15.5. The summed E-state index contributed by atoms with van der Waals surface area (Å²) in [6.07, 6.45) is 3.43. The number of anilines is 1. The predicted molar refractivity (Wildman–Crippen MR) is 78.5 cm³/mol. The van der Waals surface area contributed by atoms with Crippen LogP contribution in [0.3, 0.4) is 0 Å². The highest BCUT2D eigenvalue weighted by Gasteiger charge is 2.40. The van der Waals surface area contributed by atoms with Gasteiger partial charge in [0.2, 0.25) is 5.91 Å². The van der Waals surface area contributed by atoms with Gasteiger partial charge in [-0.3, -0.25) is 4.79 Å². The number of ether oxygens (including phenoxy) is 1. The molecule has 1 amide bonds. The topological polar surface area (TPSA) is 102 Å². The molecule has 6 heteroatoms. The monoisotopic (exact) mass is 292 g/mol. The Hall–Kier alpha value is -2.08. The fourth-order valence-corrected chi connectivity index (χ4v) is 2.77. The zero-order valence-electron chi connectivity index (χ0n) is 12.0. The van der Waals surface area contributed by atoms with Crippen molar-refractivity contribution in [2.24, 2.45) is 11.1 Å². The first-order chi connectivity index (χ1) is 10.0. The van der Waals surface area contributed by atoms with Crippen molar-refractivity contribution in [3.63, 3.8) is 0 Å². The van der Waals surface area contributed by atoms with Crippen molar-refractivity contribution in [1.82, 2.24) is 0 Å². The number of carbonyl (C=O) groups is 2. The third kappa shape index (κ3) is 3.00. The largest absolute Gasteiger partial charge is 0.497 e. The summed E-state index contributed by atoms with van der Waals surface area (Å²) in [6, 6.07) is 4.55. The highest BCUT2D eigenvalue weighted by atomic mass is 16.5. The van der Waals surface area contributed by atoms with Gasteiger partial charge in [-0.1, -0.05) is 12.8 Å². The molecule has 0 heterocycles. The van der Waals surface area contributed by atoms with Gasteiger partial charge < -0.3 is 20.9 Å². The Bertz CT molecular complexity index is 551. The number of hydrogen-bond donors (Lipinski definition) is 3. The molecule has 0 spiro atoms. The summed E-state index contributed by atoms with van der Waals surface area (Å²) >= 11 is 0. The van der Waals surface area contributed by atoms with Gasteiger partial charge in [0.25, 0.3) is 0 Å². The summed E-state index contributed by atoms with van der Waals surface area (Å²) in [4.78, 5) is 23.8. The van der Waals surface area contributed by atoms with E-state index in [1.807, 2.05) is 0 Å².